The lowest BCUT2D eigenvalue weighted by Crippen LogP contribution is -2.33. The lowest BCUT2D eigenvalue weighted by atomic mass is 10.0. The van der Waals surface area contributed by atoms with Crippen LogP contribution in [0, 0.1) is 13.8 Å². The second-order valence-corrected chi connectivity index (χ2v) is 16.1. The Balaban J connectivity index is 1.24. The van der Waals surface area contributed by atoms with E-state index < -0.39 is 47.3 Å². The zero-order valence-electron chi connectivity index (χ0n) is 35.0. The van der Waals surface area contributed by atoms with Crippen molar-refractivity contribution in [1.82, 2.24) is 0 Å². The first-order chi connectivity index (χ1) is 30.5. The van der Waals surface area contributed by atoms with Gasteiger partial charge >= 0.3 is 0 Å². The van der Waals surface area contributed by atoms with Gasteiger partial charge in [-0.1, -0.05) is 47.5 Å². The fraction of sp³-hybridized carbons (Fsp3) is 0.217. The van der Waals surface area contributed by atoms with Crippen LogP contribution in [0.5, 0.6) is 0 Å². The van der Waals surface area contributed by atoms with Crippen LogP contribution in [0.15, 0.2) is 118 Å². The van der Waals surface area contributed by atoms with Gasteiger partial charge in [-0.25, -0.2) is 0 Å². The number of carbonyl (C=O) groups excluding carboxylic acids is 6. The van der Waals surface area contributed by atoms with Gasteiger partial charge in [-0.05, 0) is 136 Å². The molecule has 2 unspecified atom stereocenters. The number of nitrogens with zero attached hydrogens (tertiary/aromatic N) is 4. The number of hydrogen-bond donors (Lipinski definition) is 4. The summed E-state index contributed by atoms with van der Waals surface area (Å²) in [6.45, 7) is 5.74. The number of aryl methyl sites for hydroxylation is 2. The number of halogens is 4. The Morgan fingerprint density at radius 3 is 1.20 bits per heavy atom. The van der Waals surface area contributed by atoms with E-state index in [9.17, 15) is 28.8 Å². The van der Waals surface area contributed by atoms with Gasteiger partial charge in [0.1, 0.15) is 0 Å². The average molecular weight is 945 g/mol. The van der Waals surface area contributed by atoms with Crippen LogP contribution in [0.1, 0.15) is 56.8 Å². The maximum atomic E-state index is 13.4. The molecule has 0 spiro atoms. The minimum absolute atomic E-state index is 0.130. The van der Waals surface area contributed by atoms with E-state index in [1.54, 1.807) is 38.1 Å². The number of amides is 4. The third kappa shape index (κ3) is 13.6. The first-order valence-electron chi connectivity index (χ1n) is 19.6. The molecule has 2 atom stereocenters. The maximum absolute atomic E-state index is 13.4. The van der Waals surface area contributed by atoms with Crippen LogP contribution < -0.4 is 21.3 Å². The number of alkyl halides is 2. The fourth-order valence-corrected chi connectivity index (χ4v) is 6.93. The van der Waals surface area contributed by atoms with E-state index in [0.717, 1.165) is 11.1 Å². The summed E-state index contributed by atoms with van der Waals surface area (Å²) in [7, 11) is 0. The standard InChI is InChI=1S/C46H42Cl4N8O6/c1-25-26(2)40(54-46(64)42(28(4)60)58-56-38-22-32(20-34(50)24-38)44(62)52-36-11-7-30(8-12-36)16-18-48)14-13-39(25)53-45(63)41(27(3)59)57-55-37-21-31(19-33(49)23-37)43(61)51-35-9-5-29(6-10-35)15-17-47/h5-14,19-24,41-42H,15-18H2,1-4H3,(H,51,61)(H,52,62)(H,53,63)(H,54,64). The summed E-state index contributed by atoms with van der Waals surface area (Å²) < 4.78 is 0. The minimum Gasteiger partial charge on any atom is -0.324 e. The monoisotopic (exact) mass is 942 g/mol. The van der Waals surface area contributed by atoms with Gasteiger partial charge in [0.25, 0.3) is 23.6 Å². The van der Waals surface area contributed by atoms with Gasteiger partial charge in [0, 0.05) is 55.7 Å². The zero-order valence-corrected chi connectivity index (χ0v) is 38.0. The topological polar surface area (TPSA) is 200 Å². The molecule has 14 nitrogen and oxygen atoms in total. The first kappa shape index (κ1) is 48.7. The molecule has 64 heavy (non-hydrogen) atoms. The Kier molecular flexibility index (Phi) is 17.4. The molecule has 0 aliphatic carbocycles. The number of rotatable bonds is 18. The molecule has 0 fully saturated rings. The summed E-state index contributed by atoms with van der Waals surface area (Å²) >= 11 is 24.2. The molecule has 0 saturated carbocycles. The van der Waals surface area contributed by atoms with E-state index in [1.165, 1.54) is 62.4 Å². The third-order valence-corrected chi connectivity index (χ3v) is 10.4. The SMILES string of the molecule is CC(=O)C(N=Nc1cc(Cl)cc(C(=O)Nc2ccc(CCCl)cc2)c1)C(=O)Nc1ccc(NC(=O)C(N=Nc2cc(Cl)cc(C(=O)Nc3ccc(CCCl)cc3)c2)C(C)=O)c(C)c1C. The highest BCUT2D eigenvalue weighted by Crippen LogP contribution is 2.29. The molecular weight excluding hydrogens is 902 g/mol. The number of anilines is 4. The van der Waals surface area contributed by atoms with Crippen LogP contribution in [-0.4, -0.2) is 59.0 Å². The van der Waals surface area contributed by atoms with Crippen LogP contribution in [0.2, 0.25) is 10.0 Å². The Labute approximate surface area is 389 Å². The maximum Gasteiger partial charge on any atom is 0.258 e. The number of nitrogens with one attached hydrogen (secondary N) is 4. The van der Waals surface area contributed by atoms with Crippen LogP contribution in [0.3, 0.4) is 0 Å². The number of Topliss-reactive ketones (excluding diaryl/α,β-unsaturated/α-hetero) is 2. The molecule has 0 bridgehead atoms. The summed E-state index contributed by atoms with van der Waals surface area (Å²) in [4.78, 5) is 78.1. The van der Waals surface area contributed by atoms with E-state index in [4.69, 9.17) is 46.4 Å². The van der Waals surface area contributed by atoms with Crippen molar-refractivity contribution in [3.63, 3.8) is 0 Å². The molecule has 5 rings (SSSR count). The Morgan fingerprint density at radius 1 is 0.516 bits per heavy atom. The molecule has 0 heterocycles. The second kappa shape index (κ2) is 22.9. The summed E-state index contributed by atoms with van der Waals surface area (Å²) in [6.07, 6.45) is 1.38. The highest BCUT2D eigenvalue weighted by Gasteiger charge is 2.26. The number of carbonyl (C=O) groups is 6. The lowest BCUT2D eigenvalue weighted by molar-refractivity contribution is -0.127. The molecule has 4 amide bonds. The van der Waals surface area contributed by atoms with Crippen molar-refractivity contribution in [2.75, 3.05) is 33.0 Å². The number of azo groups is 2. The van der Waals surface area contributed by atoms with E-state index in [1.807, 2.05) is 24.3 Å². The number of hydrogen-bond acceptors (Lipinski definition) is 10. The highest BCUT2D eigenvalue weighted by atomic mass is 35.5. The number of ketones is 2. The Bertz CT molecular complexity index is 2460. The fourth-order valence-electron chi connectivity index (χ4n) is 6.04. The Morgan fingerprint density at radius 2 is 0.875 bits per heavy atom. The van der Waals surface area contributed by atoms with Gasteiger partial charge in [-0.2, -0.15) is 20.5 Å². The zero-order chi connectivity index (χ0) is 46.5. The van der Waals surface area contributed by atoms with E-state index in [0.29, 0.717) is 58.5 Å². The van der Waals surface area contributed by atoms with Crippen molar-refractivity contribution in [2.45, 2.75) is 52.6 Å². The van der Waals surface area contributed by atoms with Gasteiger partial charge in [-0.15, -0.1) is 23.2 Å². The molecule has 0 aliphatic heterocycles. The normalized spacial score (nSPS) is 12.1. The lowest BCUT2D eigenvalue weighted by Gasteiger charge is -2.17. The molecular formula is C46H42Cl4N8O6. The summed E-state index contributed by atoms with van der Waals surface area (Å²) in [5.41, 5.74) is 5.43. The third-order valence-electron chi connectivity index (χ3n) is 9.63. The Hall–Kier alpha value is -6.32. The molecule has 4 N–H and O–H groups in total. The van der Waals surface area contributed by atoms with E-state index in [-0.39, 0.29) is 32.5 Å². The van der Waals surface area contributed by atoms with Crippen molar-refractivity contribution < 1.29 is 28.8 Å². The molecule has 0 aliphatic rings. The predicted molar refractivity (Wildman–Crippen MR) is 252 cm³/mol. The molecule has 0 aromatic heterocycles. The molecule has 5 aromatic rings. The van der Waals surface area contributed by atoms with Crippen LogP contribution >= 0.6 is 46.4 Å². The first-order valence-corrected chi connectivity index (χ1v) is 21.5. The quantitative estimate of drug-likeness (QED) is 0.0382. The van der Waals surface area contributed by atoms with Gasteiger partial charge in [0.15, 0.2) is 11.6 Å². The van der Waals surface area contributed by atoms with Crippen molar-refractivity contribution in [3.05, 3.63) is 140 Å². The summed E-state index contributed by atoms with van der Waals surface area (Å²) in [6, 6.07) is 22.9. The summed E-state index contributed by atoms with van der Waals surface area (Å²) in [5, 5.41) is 27.4. The van der Waals surface area contributed by atoms with E-state index in [2.05, 4.69) is 41.7 Å². The van der Waals surface area contributed by atoms with Crippen molar-refractivity contribution >= 4 is 116 Å². The van der Waals surface area contributed by atoms with Crippen molar-refractivity contribution in [2.24, 2.45) is 20.5 Å². The average Bonchev–Trinajstić information content (AvgIpc) is 3.24. The van der Waals surface area contributed by atoms with Gasteiger partial charge in [-0.3, -0.25) is 28.8 Å². The largest absolute Gasteiger partial charge is 0.324 e. The van der Waals surface area contributed by atoms with E-state index >= 15 is 0 Å². The van der Waals surface area contributed by atoms with Gasteiger partial charge in [0.2, 0.25) is 12.1 Å². The van der Waals surface area contributed by atoms with Gasteiger partial charge < -0.3 is 21.3 Å². The smallest absolute Gasteiger partial charge is 0.258 e. The molecule has 330 valence electrons. The number of benzene rings is 5. The molecule has 0 radical (unpaired) electrons. The van der Waals surface area contributed by atoms with Crippen molar-refractivity contribution in [1.29, 1.82) is 0 Å². The van der Waals surface area contributed by atoms with Gasteiger partial charge in [0.05, 0.1) is 11.4 Å². The summed E-state index contributed by atoms with van der Waals surface area (Å²) in [5.74, 6) is -2.78. The highest BCUT2D eigenvalue weighted by molar-refractivity contribution is 6.31. The predicted octanol–water partition coefficient (Wildman–Crippen LogP) is 11.0. The van der Waals surface area contributed by atoms with Crippen LogP contribution in [0.25, 0.3) is 0 Å². The van der Waals surface area contributed by atoms with Crippen LogP contribution in [0.4, 0.5) is 34.1 Å². The molecule has 18 heteroatoms. The van der Waals surface area contributed by atoms with Crippen molar-refractivity contribution in [3.8, 4) is 0 Å². The van der Waals surface area contributed by atoms with Crippen LogP contribution in [-0.2, 0) is 32.0 Å². The molecule has 0 saturated heterocycles. The second-order valence-electron chi connectivity index (χ2n) is 14.4. The minimum atomic E-state index is -1.56. The molecule has 5 aromatic carbocycles.